The smallest absolute Gasteiger partial charge is 0.230 e. The van der Waals surface area contributed by atoms with Gasteiger partial charge >= 0.3 is 0 Å². The van der Waals surface area contributed by atoms with Crippen LogP contribution in [0.5, 0.6) is 0 Å². The number of thioether (sulfide) groups is 1. The number of hydrogen-bond acceptors (Lipinski definition) is 3. The summed E-state index contributed by atoms with van der Waals surface area (Å²) in [6.45, 7) is 7.96. The molecule has 5 nitrogen and oxygen atoms in total. The molecule has 1 heterocycles. The van der Waals surface area contributed by atoms with Crippen LogP contribution in [0.4, 0.5) is 0 Å². The van der Waals surface area contributed by atoms with Crippen molar-refractivity contribution in [3.8, 4) is 0 Å². The average Bonchev–Trinajstić information content (AvgIpc) is 3.08. The Labute approximate surface area is 151 Å². The van der Waals surface area contributed by atoms with E-state index in [1.165, 1.54) is 6.42 Å². The highest BCUT2D eigenvalue weighted by atomic mass is 32.2. The Balaban J connectivity index is 2.12. The number of hydrogen-bond donors (Lipinski definition) is 1. The quantitative estimate of drug-likeness (QED) is 0.608. The summed E-state index contributed by atoms with van der Waals surface area (Å²) in [5, 5.41) is 4.13. The highest BCUT2D eigenvalue weighted by Gasteiger charge is 2.42. The molecule has 2 fully saturated rings. The zero-order valence-corrected chi connectivity index (χ0v) is 16.6. The summed E-state index contributed by atoms with van der Waals surface area (Å²) in [5.41, 5.74) is -0.279. The first-order chi connectivity index (χ1) is 11.5. The monoisotopic (exact) mass is 354 g/mol. The largest absolute Gasteiger partial charge is 0.357 e. The summed E-state index contributed by atoms with van der Waals surface area (Å²) in [7, 11) is 3.73. The summed E-state index contributed by atoms with van der Waals surface area (Å²) in [6.07, 6.45) is 5.43. The van der Waals surface area contributed by atoms with Crippen molar-refractivity contribution in [3.63, 3.8) is 0 Å². The molecule has 1 atom stereocenters. The molecule has 0 spiro atoms. The van der Waals surface area contributed by atoms with Gasteiger partial charge in [-0.05, 0) is 26.2 Å². The van der Waals surface area contributed by atoms with Crippen LogP contribution in [0.2, 0.25) is 0 Å². The number of aliphatic imine (C=N–C) groups is 1. The van der Waals surface area contributed by atoms with Gasteiger partial charge in [-0.15, -0.1) is 0 Å². The first-order valence-corrected chi connectivity index (χ1v) is 10.4. The first-order valence-electron chi connectivity index (χ1n) is 9.39. The van der Waals surface area contributed by atoms with Gasteiger partial charge in [0.25, 0.3) is 0 Å². The number of guanidine groups is 1. The fourth-order valence-corrected chi connectivity index (χ4v) is 4.96. The van der Waals surface area contributed by atoms with Gasteiger partial charge in [0, 0.05) is 44.7 Å². The topological polar surface area (TPSA) is 47.9 Å². The van der Waals surface area contributed by atoms with Crippen LogP contribution in [0, 0.1) is 5.41 Å². The van der Waals surface area contributed by atoms with E-state index in [0.717, 1.165) is 57.0 Å². The summed E-state index contributed by atoms with van der Waals surface area (Å²) in [5.74, 6) is 2.40. The number of carbonyl (C=O) groups excluding carboxylic acids is 1. The SMILES string of the molecule is CCNC(=NCC1(C(=O)N(C)C)CCCC1)N1CCSC(CC)C1. The minimum Gasteiger partial charge on any atom is -0.357 e. The van der Waals surface area contributed by atoms with Crippen molar-refractivity contribution < 1.29 is 4.79 Å². The maximum atomic E-state index is 12.7. The Morgan fingerprint density at radius 2 is 2.04 bits per heavy atom. The zero-order chi connectivity index (χ0) is 17.6. The Kier molecular flexibility index (Phi) is 7.26. The number of amides is 1. The van der Waals surface area contributed by atoms with Crippen molar-refractivity contribution in [2.24, 2.45) is 10.4 Å². The van der Waals surface area contributed by atoms with Crippen molar-refractivity contribution in [3.05, 3.63) is 0 Å². The van der Waals surface area contributed by atoms with Crippen LogP contribution in [0.1, 0.15) is 46.0 Å². The van der Waals surface area contributed by atoms with Gasteiger partial charge in [0.1, 0.15) is 0 Å². The lowest BCUT2D eigenvalue weighted by Gasteiger charge is -2.35. The van der Waals surface area contributed by atoms with Gasteiger partial charge in [-0.2, -0.15) is 11.8 Å². The van der Waals surface area contributed by atoms with Crippen molar-refractivity contribution in [1.82, 2.24) is 15.1 Å². The molecule has 0 aromatic rings. The van der Waals surface area contributed by atoms with E-state index in [1.807, 2.05) is 14.1 Å². The number of nitrogens with one attached hydrogen (secondary N) is 1. The molecule has 1 aliphatic heterocycles. The average molecular weight is 355 g/mol. The number of rotatable bonds is 5. The first kappa shape index (κ1) is 19.4. The van der Waals surface area contributed by atoms with Crippen LogP contribution in [0.3, 0.4) is 0 Å². The number of carbonyl (C=O) groups is 1. The standard InChI is InChI=1S/C18H34N4OS/c1-5-15-13-22(11-12-24-15)17(19-6-2)20-14-18(9-7-8-10-18)16(23)21(3)4/h15H,5-14H2,1-4H3,(H,19,20). The summed E-state index contributed by atoms with van der Waals surface area (Å²) >= 11 is 2.07. The fourth-order valence-electron chi connectivity index (χ4n) is 3.78. The van der Waals surface area contributed by atoms with Crippen molar-refractivity contribution in [1.29, 1.82) is 0 Å². The molecule has 24 heavy (non-hydrogen) atoms. The van der Waals surface area contributed by atoms with Gasteiger partial charge in [-0.3, -0.25) is 9.79 Å². The molecule has 1 amide bonds. The lowest BCUT2D eigenvalue weighted by atomic mass is 9.85. The van der Waals surface area contributed by atoms with Crippen molar-refractivity contribution >= 4 is 23.6 Å². The molecule has 0 aromatic carbocycles. The molecule has 2 rings (SSSR count). The predicted octanol–water partition coefficient (Wildman–Crippen LogP) is 2.43. The second-order valence-electron chi connectivity index (χ2n) is 7.20. The highest BCUT2D eigenvalue weighted by molar-refractivity contribution is 8.00. The molecular formula is C18H34N4OS. The van der Waals surface area contributed by atoms with Gasteiger partial charge in [-0.1, -0.05) is 19.8 Å². The van der Waals surface area contributed by atoms with Gasteiger partial charge in [0.15, 0.2) is 5.96 Å². The van der Waals surface area contributed by atoms with E-state index >= 15 is 0 Å². The zero-order valence-electron chi connectivity index (χ0n) is 15.8. The molecule has 138 valence electrons. The summed E-state index contributed by atoms with van der Waals surface area (Å²) in [6, 6.07) is 0. The maximum absolute atomic E-state index is 12.7. The second-order valence-corrected chi connectivity index (χ2v) is 8.61. The van der Waals surface area contributed by atoms with Crippen LogP contribution < -0.4 is 5.32 Å². The Morgan fingerprint density at radius 1 is 1.33 bits per heavy atom. The molecule has 1 saturated heterocycles. The predicted molar refractivity (Wildman–Crippen MR) is 104 cm³/mol. The van der Waals surface area contributed by atoms with Crippen molar-refractivity contribution in [2.75, 3.05) is 46.0 Å². The van der Waals surface area contributed by atoms with Crippen LogP contribution >= 0.6 is 11.8 Å². The van der Waals surface area contributed by atoms with Gasteiger partial charge in [-0.25, -0.2) is 0 Å². The third-order valence-corrected chi connectivity index (χ3v) is 6.55. The van der Waals surface area contributed by atoms with Gasteiger partial charge in [0.05, 0.1) is 12.0 Å². The van der Waals surface area contributed by atoms with E-state index in [2.05, 4.69) is 35.8 Å². The third kappa shape index (κ3) is 4.58. The molecule has 1 aliphatic carbocycles. The van der Waals surface area contributed by atoms with E-state index in [9.17, 15) is 4.79 Å². The molecule has 2 aliphatic rings. The molecule has 1 unspecified atom stereocenters. The van der Waals surface area contributed by atoms with Gasteiger partial charge < -0.3 is 15.1 Å². The van der Waals surface area contributed by atoms with E-state index in [1.54, 1.807) is 4.90 Å². The second kappa shape index (κ2) is 8.97. The third-order valence-electron chi connectivity index (χ3n) is 5.18. The number of nitrogens with zero attached hydrogens (tertiary/aromatic N) is 3. The van der Waals surface area contributed by atoms with Gasteiger partial charge in [0.2, 0.25) is 5.91 Å². The Morgan fingerprint density at radius 3 is 2.62 bits per heavy atom. The minimum atomic E-state index is -0.279. The molecule has 6 heteroatoms. The van der Waals surface area contributed by atoms with E-state index in [4.69, 9.17) is 4.99 Å². The minimum absolute atomic E-state index is 0.250. The van der Waals surface area contributed by atoms with E-state index < -0.39 is 0 Å². The highest BCUT2D eigenvalue weighted by Crippen LogP contribution is 2.39. The normalized spacial score (nSPS) is 24.1. The van der Waals surface area contributed by atoms with Crippen LogP contribution in [0.15, 0.2) is 4.99 Å². The lowest BCUT2D eigenvalue weighted by molar-refractivity contribution is -0.138. The Hall–Kier alpha value is -0.910. The molecule has 0 bridgehead atoms. The molecule has 1 N–H and O–H groups in total. The van der Waals surface area contributed by atoms with Crippen LogP contribution in [-0.4, -0.2) is 72.9 Å². The molecular weight excluding hydrogens is 320 g/mol. The summed E-state index contributed by atoms with van der Waals surface area (Å²) in [4.78, 5) is 21.8. The van der Waals surface area contributed by atoms with Crippen LogP contribution in [-0.2, 0) is 4.79 Å². The van der Waals surface area contributed by atoms with E-state index in [0.29, 0.717) is 11.8 Å². The Bertz CT molecular complexity index is 446. The van der Waals surface area contributed by atoms with Crippen LogP contribution in [0.25, 0.3) is 0 Å². The molecule has 1 saturated carbocycles. The fraction of sp³-hybridized carbons (Fsp3) is 0.889. The lowest BCUT2D eigenvalue weighted by Crippen LogP contribution is -2.49. The maximum Gasteiger partial charge on any atom is 0.230 e. The van der Waals surface area contributed by atoms with E-state index in [-0.39, 0.29) is 11.3 Å². The molecule has 0 radical (unpaired) electrons. The molecule has 0 aromatic heterocycles. The van der Waals surface area contributed by atoms with Crippen molar-refractivity contribution in [2.45, 2.75) is 51.2 Å². The summed E-state index contributed by atoms with van der Waals surface area (Å²) < 4.78 is 0.